The Kier molecular flexibility index (Phi) is 10.5. The molecule has 0 amide bonds. The molecule has 1 aliphatic heterocycles. The normalized spacial score (nSPS) is 13.8. The second kappa shape index (κ2) is 18.8. The highest BCUT2D eigenvalue weighted by Gasteiger charge is 2.42. The molecule has 6 heteroatoms. The summed E-state index contributed by atoms with van der Waals surface area (Å²) in [6, 6.07) is 70.0. The molecule has 0 radical (unpaired) electrons. The summed E-state index contributed by atoms with van der Waals surface area (Å²) >= 11 is 0. The molecule has 368 valence electrons. The lowest BCUT2D eigenvalue weighted by Gasteiger charge is -2.34. The molecule has 0 saturated heterocycles. The molecule has 0 aliphatic carbocycles. The molecule has 0 bridgehead atoms. The lowest BCUT2D eigenvalue weighted by Crippen LogP contribution is -2.74. The van der Waals surface area contributed by atoms with Crippen molar-refractivity contribution in [2.75, 3.05) is 16.5 Å². The van der Waals surface area contributed by atoms with E-state index in [1.165, 1.54) is 37.6 Å². The summed E-state index contributed by atoms with van der Waals surface area (Å²) in [4.78, 5) is 9.90. The highest BCUT2D eigenvalue weighted by atomic mass is 28.3. The van der Waals surface area contributed by atoms with Gasteiger partial charge < -0.3 is 14.5 Å². The summed E-state index contributed by atoms with van der Waals surface area (Å²) in [5, 5.41) is 6.99. The summed E-state index contributed by atoms with van der Waals surface area (Å²) < 4.78 is 52.1. The van der Waals surface area contributed by atoms with Crippen LogP contribution in [0.2, 0.25) is 0 Å². The van der Waals surface area contributed by atoms with E-state index in [0.29, 0.717) is 35.1 Å². The average molecular weight is 996 g/mol. The largest absolute Gasteiger partial charge is 0.457 e. The van der Waals surface area contributed by atoms with Crippen molar-refractivity contribution in [3.8, 4) is 28.4 Å². The van der Waals surface area contributed by atoms with Gasteiger partial charge in [0.15, 0.2) is 8.07 Å². The zero-order valence-corrected chi connectivity index (χ0v) is 44.5. The molecule has 2 aromatic heterocycles. The third kappa shape index (κ3) is 8.59. The topological polar surface area (TPSA) is 33.5 Å². The van der Waals surface area contributed by atoms with E-state index in [2.05, 4.69) is 238 Å². The number of benzene rings is 9. The number of pyridine rings is 1. The van der Waals surface area contributed by atoms with Crippen LogP contribution in [0.1, 0.15) is 65.1 Å². The van der Waals surface area contributed by atoms with E-state index in [4.69, 9.17) is 16.6 Å². The Morgan fingerprint density at radius 1 is 0.493 bits per heavy atom. The van der Waals surface area contributed by atoms with Gasteiger partial charge in [-0.05, 0) is 121 Å². The fourth-order valence-electron chi connectivity index (χ4n) is 11.1. The highest BCUT2D eigenvalue weighted by molar-refractivity contribution is 7.20. The maximum absolute atomic E-state index is 8.86. The number of hydrogen-bond donors (Lipinski definition) is 0. The van der Waals surface area contributed by atoms with Crippen molar-refractivity contribution in [1.29, 1.82) is 0 Å². The van der Waals surface area contributed by atoms with Crippen LogP contribution in [0, 0.1) is 6.92 Å². The highest BCUT2D eigenvalue weighted by Crippen LogP contribution is 2.47. The van der Waals surface area contributed by atoms with E-state index in [-0.39, 0.29) is 40.6 Å². The molecule has 0 saturated carbocycles. The molecule has 12 rings (SSSR count). The van der Waals surface area contributed by atoms with Crippen LogP contribution in [0.3, 0.4) is 0 Å². The summed E-state index contributed by atoms with van der Waals surface area (Å²) in [5.41, 5.74) is 10.1. The number of anilines is 4. The quantitative estimate of drug-likeness (QED) is 0.101. The zero-order valence-electron chi connectivity index (χ0n) is 48.5. The Balaban J connectivity index is 1.00. The third-order valence-corrected chi connectivity index (χ3v) is 19.7. The molecule has 75 heavy (non-hydrogen) atoms. The minimum atomic E-state index is -2.99. The van der Waals surface area contributed by atoms with E-state index in [0.717, 1.165) is 38.9 Å². The van der Waals surface area contributed by atoms with Crippen LogP contribution in [-0.2, 0) is 10.8 Å². The molecule has 9 aromatic carbocycles. The van der Waals surface area contributed by atoms with Gasteiger partial charge in [-0.25, -0.2) is 4.98 Å². The van der Waals surface area contributed by atoms with Crippen LogP contribution in [0.15, 0.2) is 237 Å². The summed E-state index contributed by atoms with van der Waals surface area (Å²) in [7, 11) is -2.99. The van der Waals surface area contributed by atoms with Crippen molar-refractivity contribution < 1.29 is 11.6 Å². The molecular weight excluding hydrogens is 929 g/mol. The van der Waals surface area contributed by atoms with Gasteiger partial charge in [-0.2, -0.15) is 0 Å². The smallest absolute Gasteiger partial charge is 0.179 e. The number of hydrogen-bond acceptors (Lipinski definition) is 4. The van der Waals surface area contributed by atoms with Gasteiger partial charge in [-0.3, -0.25) is 4.57 Å². The Bertz CT molecular complexity index is 4030. The van der Waals surface area contributed by atoms with Crippen molar-refractivity contribution in [2.45, 2.75) is 59.3 Å². The number of fused-ring (bicyclic) bond motifs is 4. The Hall–Kier alpha value is -8.45. The zero-order chi connectivity index (χ0) is 55.8. The monoisotopic (exact) mass is 996 g/mol. The number of aryl methyl sites for hydroxylation is 1. The number of ether oxygens (including phenoxy) is 1. The average Bonchev–Trinajstić information content (AvgIpc) is 3.55. The molecule has 5 nitrogen and oxygen atoms in total. The number of aromatic nitrogens is 2. The lowest BCUT2D eigenvalue weighted by atomic mass is 9.80. The van der Waals surface area contributed by atoms with Gasteiger partial charge in [0.1, 0.15) is 24.0 Å². The van der Waals surface area contributed by atoms with Crippen molar-refractivity contribution in [1.82, 2.24) is 9.55 Å². The minimum absolute atomic E-state index is 0.0288. The lowest BCUT2D eigenvalue weighted by molar-refractivity contribution is 0.483. The standard InChI is InChI=1S/C69H62N4OSi/c1-48-39-67(70-46-62(48)49-23-12-8-13-24-49)73-65-44-55(35-37-60(65)61-38-36-59(45-66(61)73)75(56-27-14-9-15-28-56,57-29-16-10-17-30-57)58-31-18-11-19-32-58)74-54-26-22-25-52(43-54)71-47-72(64-34-21-20-33-63(64)71)53-41-50(68(2,3)4)40-51(42-53)69(5,6)7/h8-46H,47H2,1-7H3/i8D,12D,13D,23D,24D. The predicted molar refractivity (Wildman–Crippen MR) is 318 cm³/mol. The van der Waals surface area contributed by atoms with E-state index >= 15 is 0 Å². The van der Waals surface area contributed by atoms with Crippen LogP contribution in [-0.4, -0.2) is 24.3 Å². The SMILES string of the molecule is [2H]c1c([2H])c([2H])c(-c2cnc(-n3c4cc(Oc5cccc(N6CN(c7cc(C(C)(C)C)cc(C(C)(C)C)c7)c7ccccc76)c5)ccc4c4ccc([Si](c5ccccc5)(c5ccccc5)c5ccccc5)cc43)cc2C)c([2H])c1[2H]. The van der Waals surface area contributed by atoms with Gasteiger partial charge in [-0.15, -0.1) is 0 Å². The van der Waals surface area contributed by atoms with E-state index in [1.807, 2.05) is 25.1 Å². The molecular formula is C69H62N4OSi. The van der Waals surface area contributed by atoms with Gasteiger partial charge in [0.25, 0.3) is 0 Å². The van der Waals surface area contributed by atoms with Crippen LogP contribution < -0.4 is 35.3 Å². The van der Waals surface area contributed by atoms with Gasteiger partial charge >= 0.3 is 0 Å². The van der Waals surface area contributed by atoms with Gasteiger partial charge in [0, 0.05) is 46.0 Å². The third-order valence-electron chi connectivity index (χ3n) is 15.0. The first-order valence-electron chi connectivity index (χ1n) is 28.3. The molecule has 0 atom stereocenters. The Labute approximate surface area is 450 Å². The molecule has 1 aliphatic rings. The van der Waals surface area contributed by atoms with Gasteiger partial charge in [0.05, 0.1) is 29.3 Å². The number of para-hydroxylation sites is 2. The van der Waals surface area contributed by atoms with Crippen molar-refractivity contribution in [2.24, 2.45) is 0 Å². The van der Waals surface area contributed by atoms with E-state index < -0.39 is 14.1 Å². The molecule has 0 fully saturated rings. The van der Waals surface area contributed by atoms with Gasteiger partial charge in [0.2, 0.25) is 0 Å². The first-order valence-corrected chi connectivity index (χ1v) is 27.8. The Morgan fingerprint density at radius 3 is 1.60 bits per heavy atom. The second-order valence-electron chi connectivity index (χ2n) is 21.8. The fourth-order valence-corrected chi connectivity index (χ4v) is 15.8. The van der Waals surface area contributed by atoms with Crippen molar-refractivity contribution in [3.05, 3.63) is 253 Å². The molecule has 11 aromatic rings. The van der Waals surface area contributed by atoms with E-state index in [1.54, 1.807) is 6.20 Å². The summed E-state index contributed by atoms with van der Waals surface area (Å²) in [5.74, 6) is 1.94. The minimum Gasteiger partial charge on any atom is -0.457 e. The molecule has 0 N–H and O–H groups in total. The Morgan fingerprint density at radius 2 is 1.03 bits per heavy atom. The molecule has 0 spiro atoms. The number of rotatable bonds is 10. The van der Waals surface area contributed by atoms with Crippen molar-refractivity contribution in [3.63, 3.8) is 0 Å². The molecule has 0 unspecified atom stereocenters. The number of nitrogens with zero attached hydrogens (tertiary/aromatic N) is 4. The van der Waals surface area contributed by atoms with Gasteiger partial charge in [-0.1, -0.05) is 199 Å². The van der Waals surface area contributed by atoms with Crippen LogP contribution in [0.25, 0.3) is 38.8 Å². The van der Waals surface area contributed by atoms with Crippen LogP contribution in [0.4, 0.5) is 22.7 Å². The maximum atomic E-state index is 8.86. The predicted octanol–water partition coefficient (Wildman–Crippen LogP) is 15.2. The van der Waals surface area contributed by atoms with E-state index in [9.17, 15) is 0 Å². The summed E-state index contributed by atoms with van der Waals surface area (Å²) in [6.07, 6.45) is 1.64. The summed E-state index contributed by atoms with van der Waals surface area (Å²) in [6.45, 7) is 16.2. The first kappa shape index (κ1) is 42.0. The van der Waals surface area contributed by atoms with Crippen LogP contribution in [0.5, 0.6) is 11.5 Å². The van der Waals surface area contributed by atoms with Crippen molar-refractivity contribution >= 4 is 73.4 Å². The van der Waals surface area contributed by atoms with Crippen LogP contribution >= 0.6 is 0 Å². The fraction of sp³-hybridized carbons (Fsp3) is 0.145. The first-order chi connectivity index (χ1) is 38.4. The maximum Gasteiger partial charge on any atom is 0.179 e. The second-order valence-corrected chi connectivity index (χ2v) is 25.6. The molecule has 3 heterocycles.